The second-order valence-corrected chi connectivity index (χ2v) is 10.8. The van der Waals surface area contributed by atoms with E-state index < -0.39 is 17.7 Å². The minimum Gasteiger partial charge on any atom is -0.490 e. The number of anilines is 1. The van der Waals surface area contributed by atoms with Gasteiger partial charge < -0.3 is 35.1 Å². The average molecular weight is 598 g/mol. The van der Waals surface area contributed by atoms with Crippen molar-refractivity contribution in [3.05, 3.63) is 76.6 Å². The van der Waals surface area contributed by atoms with E-state index in [1.165, 1.54) is 18.1 Å². The average Bonchev–Trinajstić information content (AvgIpc) is 2.94. The predicted octanol–water partition coefficient (Wildman–Crippen LogP) is 5.76. The van der Waals surface area contributed by atoms with Crippen LogP contribution in [0.1, 0.15) is 42.4 Å². The van der Waals surface area contributed by atoms with Gasteiger partial charge in [-0.1, -0.05) is 23.7 Å². The second-order valence-electron chi connectivity index (χ2n) is 10.4. The van der Waals surface area contributed by atoms with Crippen LogP contribution in [0.25, 0.3) is 0 Å². The molecule has 0 fully saturated rings. The maximum absolute atomic E-state index is 12.7. The molecular weight excluding hydrogens is 562 g/mol. The number of rotatable bonds is 10. The number of hydrogen-bond donors (Lipinski definition) is 3. The fourth-order valence-corrected chi connectivity index (χ4v) is 3.64. The summed E-state index contributed by atoms with van der Waals surface area (Å²) in [5.74, 6) is 1.10. The van der Waals surface area contributed by atoms with Gasteiger partial charge >= 0.3 is 12.1 Å². The van der Waals surface area contributed by atoms with Crippen LogP contribution < -0.4 is 25.4 Å². The SMILES string of the molecule is CNC(=O)c1cc(Oc2ccc(CNC(=O)Nc3cc(C)c(Cl)cc3OCCN(C)C(=O)OC(C)(C)C)cc2)ccn1. The van der Waals surface area contributed by atoms with Gasteiger partial charge in [0, 0.05) is 44.0 Å². The quantitative estimate of drug-likeness (QED) is 0.271. The largest absolute Gasteiger partial charge is 0.490 e. The molecule has 2 aromatic carbocycles. The first-order chi connectivity index (χ1) is 19.8. The monoisotopic (exact) mass is 597 g/mol. The number of nitrogens with one attached hydrogen (secondary N) is 3. The van der Waals surface area contributed by atoms with Crippen molar-refractivity contribution in [2.75, 3.05) is 32.6 Å². The molecule has 0 saturated heterocycles. The number of pyridine rings is 1. The molecule has 0 unspecified atom stereocenters. The Bertz CT molecular complexity index is 1410. The topological polar surface area (TPSA) is 131 Å². The van der Waals surface area contributed by atoms with E-state index in [0.29, 0.717) is 28.0 Å². The first kappa shape index (κ1) is 32.0. The van der Waals surface area contributed by atoms with Crippen LogP contribution in [0.2, 0.25) is 5.02 Å². The maximum Gasteiger partial charge on any atom is 0.410 e. The van der Waals surface area contributed by atoms with Gasteiger partial charge in [0.15, 0.2) is 0 Å². The fraction of sp³-hybridized carbons (Fsp3) is 0.333. The molecule has 1 heterocycles. The standard InChI is InChI=1S/C30H36ClN5O6/c1-19-15-24(26(17-23(19)31)40-14-13-36(6)29(39)42-30(2,3)4)35-28(38)34-18-20-7-9-21(10-8-20)41-22-11-12-33-25(16-22)27(37)32-5/h7-12,15-17H,13-14,18H2,1-6H3,(H,32,37)(H2,34,35,38). The third-order valence-electron chi connectivity index (χ3n) is 5.70. The van der Waals surface area contributed by atoms with Gasteiger partial charge in [0.25, 0.3) is 5.91 Å². The molecule has 4 amide bonds. The van der Waals surface area contributed by atoms with E-state index in [4.69, 9.17) is 25.8 Å². The summed E-state index contributed by atoms with van der Waals surface area (Å²) >= 11 is 6.30. The summed E-state index contributed by atoms with van der Waals surface area (Å²) in [6.07, 6.45) is 1.04. The van der Waals surface area contributed by atoms with E-state index in [-0.39, 0.29) is 31.3 Å². The molecule has 3 N–H and O–H groups in total. The molecule has 0 bridgehead atoms. The van der Waals surface area contributed by atoms with Crippen LogP contribution in [-0.2, 0) is 11.3 Å². The van der Waals surface area contributed by atoms with Gasteiger partial charge in [-0.05, 0) is 63.1 Å². The molecule has 11 nitrogen and oxygen atoms in total. The summed E-state index contributed by atoms with van der Waals surface area (Å²) in [6, 6.07) is 13.3. The van der Waals surface area contributed by atoms with Crippen LogP contribution in [0, 0.1) is 6.92 Å². The zero-order valence-electron chi connectivity index (χ0n) is 24.5. The van der Waals surface area contributed by atoms with E-state index in [1.54, 1.807) is 64.2 Å². The van der Waals surface area contributed by atoms with Gasteiger partial charge in [-0.3, -0.25) is 9.78 Å². The molecule has 0 aliphatic carbocycles. The van der Waals surface area contributed by atoms with Crippen LogP contribution in [0.4, 0.5) is 15.3 Å². The molecule has 1 aromatic heterocycles. The van der Waals surface area contributed by atoms with Crippen LogP contribution >= 0.6 is 11.6 Å². The smallest absolute Gasteiger partial charge is 0.410 e. The number of carbonyl (C=O) groups excluding carboxylic acids is 3. The molecule has 0 aliphatic heterocycles. The minimum atomic E-state index is -0.601. The first-order valence-electron chi connectivity index (χ1n) is 13.2. The van der Waals surface area contributed by atoms with E-state index in [9.17, 15) is 14.4 Å². The number of urea groups is 1. The van der Waals surface area contributed by atoms with Crippen molar-refractivity contribution in [3.63, 3.8) is 0 Å². The first-order valence-corrected chi connectivity index (χ1v) is 13.6. The number of amides is 4. The van der Waals surface area contributed by atoms with Gasteiger partial charge in [0.2, 0.25) is 0 Å². The summed E-state index contributed by atoms with van der Waals surface area (Å²) in [5, 5.41) is 8.62. The Kier molecular flexibility index (Phi) is 11.0. The van der Waals surface area contributed by atoms with Crippen molar-refractivity contribution in [2.24, 2.45) is 0 Å². The predicted molar refractivity (Wildman–Crippen MR) is 161 cm³/mol. The van der Waals surface area contributed by atoms with Gasteiger partial charge in [-0.15, -0.1) is 0 Å². The molecule has 3 aromatic rings. The Morgan fingerprint density at radius 2 is 1.74 bits per heavy atom. The number of aromatic nitrogens is 1. The molecule has 0 aliphatic rings. The lowest BCUT2D eigenvalue weighted by atomic mass is 10.2. The van der Waals surface area contributed by atoms with Crippen molar-refractivity contribution in [3.8, 4) is 17.2 Å². The van der Waals surface area contributed by atoms with Crippen molar-refractivity contribution in [1.29, 1.82) is 0 Å². The van der Waals surface area contributed by atoms with Crippen LogP contribution in [0.15, 0.2) is 54.7 Å². The third-order valence-corrected chi connectivity index (χ3v) is 6.11. The molecule has 224 valence electrons. The highest BCUT2D eigenvalue weighted by atomic mass is 35.5. The zero-order chi connectivity index (χ0) is 30.9. The number of benzene rings is 2. The van der Waals surface area contributed by atoms with Gasteiger partial charge in [0.05, 0.1) is 12.2 Å². The molecule has 0 saturated carbocycles. The number of hydrogen-bond acceptors (Lipinski definition) is 7. The molecule has 0 radical (unpaired) electrons. The highest BCUT2D eigenvalue weighted by molar-refractivity contribution is 6.31. The molecular formula is C30H36ClN5O6. The summed E-state index contributed by atoms with van der Waals surface area (Å²) in [7, 11) is 3.15. The number of ether oxygens (including phenoxy) is 3. The van der Waals surface area contributed by atoms with E-state index in [2.05, 4.69) is 20.9 Å². The highest BCUT2D eigenvalue weighted by Crippen LogP contribution is 2.31. The number of nitrogens with zero attached hydrogens (tertiary/aromatic N) is 2. The molecule has 0 spiro atoms. The summed E-state index contributed by atoms with van der Waals surface area (Å²) in [5.41, 5.74) is 1.69. The highest BCUT2D eigenvalue weighted by Gasteiger charge is 2.20. The lowest BCUT2D eigenvalue weighted by Gasteiger charge is -2.24. The van der Waals surface area contributed by atoms with Crippen molar-refractivity contribution in [1.82, 2.24) is 20.5 Å². The molecule has 12 heteroatoms. The summed E-state index contributed by atoms with van der Waals surface area (Å²) in [4.78, 5) is 42.1. The fourth-order valence-electron chi connectivity index (χ4n) is 3.49. The van der Waals surface area contributed by atoms with Crippen LogP contribution in [0.5, 0.6) is 17.2 Å². The Balaban J connectivity index is 1.54. The Morgan fingerprint density at radius 3 is 2.40 bits per heavy atom. The zero-order valence-corrected chi connectivity index (χ0v) is 25.3. The van der Waals surface area contributed by atoms with Gasteiger partial charge in [0.1, 0.15) is 35.2 Å². The normalized spacial score (nSPS) is 10.8. The Hall–Kier alpha value is -4.51. The Labute approximate surface area is 250 Å². The molecule has 3 rings (SSSR count). The van der Waals surface area contributed by atoms with E-state index in [0.717, 1.165) is 11.1 Å². The van der Waals surface area contributed by atoms with Crippen molar-refractivity contribution >= 4 is 35.3 Å². The van der Waals surface area contributed by atoms with E-state index >= 15 is 0 Å². The lowest BCUT2D eigenvalue weighted by Crippen LogP contribution is -2.36. The molecule has 42 heavy (non-hydrogen) atoms. The molecule has 0 atom stereocenters. The second kappa shape index (κ2) is 14.4. The van der Waals surface area contributed by atoms with Gasteiger partial charge in [-0.25, -0.2) is 9.59 Å². The summed E-state index contributed by atoms with van der Waals surface area (Å²) < 4.78 is 17.0. The Morgan fingerprint density at radius 1 is 1.02 bits per heavy atom. The number of halogens is 1. The number of carbonyl (C=O) groups is 3. The maximum atomic E-state index is 12.7. The van der Waals surface area contributed by atoms with Crippen molar-refractivity contribution in [2.45, 2.75) is 39.8 Å². The minimum absolute atomic E-state index is 0.159. The lowest BCUT2D eigenvalue weighted by molar-refractivity contribution is 0.0278. The van der Waals surface area contributed by atoms with Crippen LogP contribution in [0.3, 0.4) is 0 Å². The third kappa shape index (κ3) is 9.84. The van der Waals surface area contributed by atoms with Crippen molar-refractivity contribution < 1.29 is 28.6 Å². The van der Waals surface area contributed by atoms with Crippen LogP contribution in [-0.4, -0.2) is 60.8 Å². The number of aryl methyl sites for hydroxylation is 1. The van der Waals surface area contributed by atoms with E-state index in [1.807, 2.05) is 19.1 Å². The number of likely N-dealkylation sites (N-methyl/N-ethyl adjacent to an activating group) is 1. The van der Waals surface area contributed by atoms with Gasteiger partial charge in [-0.2, -0.15) is 0 Å². The summed E-state index contributed by atoms with van der Waals surface area (Å²) in [6.45, 7) is 7.89.